The third-order valence-electron chi connectivity index (χ3n) is 13.8. The van der Waals surface area contributed by atoms with E-state index in [0.29, 0.717) is 28.6 Å². The van der Waals surface area contributed by atoms with Crippen LogP contribution >= 0.6 is 0 Å². The highest BCUT2D eigenvalue weighted by Gasteiger charge is 2.23. The van der Waals surface area contributed by atoms with Gasteiger partial charge in [-0.25, -0.2) is 23.7 Å². The monoisotopic (exact) mass is 916 g/mol. The highest BCUT2D eigenvalue weighted by molar-refractivity contribution is 6.13. The van der Waals surface area contributed by atoms with Gasteiger partial charge < -0.3 is 13.7 Å². The third kappa shape index (κ3) is 6.49. The fourth-order valence-corrected chi connectivity index (χ4v) is 10.7. The number of nitrogens with zero attached hydrogens (tertiary/aromatic N) is 6. The Hall–Kier alpha value is -9.53. The standard InChI is InChI=1S/C63H38F2N6/c64-41-27-31-45(54(65)35-41)53-36-42(30-34-52(53)63-67-61(39-15-3-1-4-16-39)66-62(68-63)40-17-5-2-6-18-40)71-59-37-43(69-55-23-11-7-19-46(55)47-20-8-12-24-56(47)69)28-32-50(59)51-33-29-44(38-60(51)71)70-57-25-13-9-21-48(57)49-22-10-14-26-58(49)70/h1-38H. The number of benzene rings is 10. The van der Waals surface area contributed by atoms with Crippen LogP contribution in [0, 0.1) is 11.6 Å². The minimum absolute atomic E-state index is 0.212. The minimum atomic E-state index is -0.700. The Morgan fingerprint density at radius 3 is 1.10 bits per heavy atom. The van der Waals surface area contributed by atoms with Crippen LogP contribution in [-0.2, 0) is 0 Å². The number of fused-ring (bicyclic) bond motifs is 9. The smallest absolute Gasteiger partial charge is 0.164 e. The van der Waals surface area contributed by atoms with Crippen LogP contribution in [0.5, 0.6) is 0 Å². The molecule has 4 heterocycles. The first-order valence-electron chi connectivity index (χ1n) is 23.6. The molecule has 0 aliphatic heterocycles. The summed E-state index contributed by atoms with van der Waals surface area (Å²) in [4.78, 5) is 15.1. The number of hydrogen-bond donors (Lipinski definition) is 0. The Labute approximate surface area is 405 Å². The zero-order valence-corrected chi connectivity index (χ0v) is 37.9. The van der Waals surface area contributed by atoms with Crippen molar-refractivity contribution in [1.82, 2.24) is 28.7 Å². The van der Waals surface area contributed by atoms with Crippen LogP contribution in [0.25, 0.3) is 128 Å². The Balaban J connectivity index is 1.07. The Morgan fingerprint density at radius 1 is 0.268 bits per heavy atom. The molecule has 0 unspecified atom stereocenters. The topological polar surface area (TPSA) is 53.5 Å². The van der Waals surface area contributed by atoms with Crippen molar-refractivity contribution < 1.29 is 8.78 Å². The molecule has 14 rings (SSSR count). The highest BCUT2D eigenvalue weighted by atomic mass is 19.1. The van der Waals surface area contributed by atoms with E-state index in [1.165, 1.54) is 33.7 Å². The average molecular weight is 917 g/mol. The fourth-order valence-electron chi connectivity index (χ4n) is 10.7. The lowest BCUT2D eigenvalue weighted by atomic mass is 9.97. The van der Waals surface area contributed by atoms with E-state index in [0.717, 1.165) is 78.1 Å². The molecule has 0 bridgehead atoms. The van der Waals surface area contributed by atoms with Crippen LogP contribution in [0.3, 0.4) is 0 Å². The first kappa shape index (κ1) is 40.5. The van der Waals surface area contributed by atoms with Gasteiger partial charge in [-0.05, 0) is 84.4 Å². The molecule has 0 spiro atoms. The maximum absolute atomic E-state index is 16.5. The molecule has 0 saturated heterocycles. The molecular weight excluding hydrogens is 879 g/mol. The second-order valence-electron chi connectivity index (χ2n) is 17.9. The number of para-hydroxylation sites is 4. The molecular formula is C63H38F2N6. The number of hydrogen-bond acceptors (Lipinski definition) is 3. The van der Waals surface area contributed by atoms with Gasteiger partial charge in [0.05, 0.1) is 33.1 Å². The Bertz CT molecular complexity index is 4100. The summed E-state index contributed by atoms with van der Waals surface area (Å²) in [6.45, 7) is 0. The van der Waals surface area contributed by atoms with Crippen LogP contribution < -0.4 is 0 Å². The lowest BCUT2D eigenvalue weighted by molar-refractivity contribution is 0.585. The first-order chi connectivity index (χ1) is 35.0. The van der Waals surface area contributed by atoms with Gasteiger partial charge in [0.25, 0.3) is 0 Å². The van der Waals surface area contributed by atoms with Gasteiger partial charge in [0.1, 0.15) is 11.6 Å². The van der Waals surface area contributed by atoms with E-state index in [1.807, 2.05) is 78.9 Å². The van der Waals surface area contributed by atoms with Crippen molar-refractivity contribution in [3.63, 3.8) is 0 Å². The SMILES string of the molecule is Fc1ccc(-c2cc(-n3c4cc(-n5c6ccccc6c6ccccc65)ccc4c4ccc(-n5c6ccccc6c6ccccc65)cc43)ccc2-c2nc(-c3ccccc3)nc(-c3ccccc3)n2)c(F)c1. The van der Waals surface area contributed by atoms with Crippen molar-refractivity contribution in [1.29, 1.82) is 0 Å². The van der Waals surface area contributed by atoms with E-state index in [-0.39, 0.29) is 5.56 Å². The summed E-state index contributed by atoms with van der Waals surface area (Å²) in [5.41, 5.74) is 12.0. The summed E-state index contributed by atoms with van der Waals surface area (Å²) in [6.07, 6.45) is 0. The summed E-state index contributed by atoms with van der Waals surface area (Å²) in [5, 5.41) is 6.79. The van der Waals surface area contributed by atoms with Gasteiger partial charge in [-0.2, -0.15) is 0 Å². The van der Waals surface area contributed by atoms with E-state index in [2.05, 4.69) is 147 Å². The quantitative estimate of drug-likeness (QED) is 0.160. The molecule has 0 fully saturated rings. The van der Waals surface area contributed by atoms with Gasteiger partial charge >= 0.3 is 0 Å². The second-order valence-corrected chi connectivity index (χ2v) is 17.9. The minimum Gasteiger partial charge on any atom is -0.309 e. The lowest BCUT2D eigenvalue weighted by Crippen LogP contribution is -2.03. The molecule has 71 heavy (non-hydrogen) atoms. The lowest BCUT2D eigenvalue weighted by Gasteiger charge is -2.17. The molecule has 4 aromatic heterocycles. The number of rotatable bonds is 7. The van der Waals surface area contributed by atoms with Crippen molar-refractivity contribution in [3.8, 4) is 62.4 Å². The molecule has 0 atom stereocenters. The molecule has 0 aliphatic carbocycles. The molecule has 6 nitrogen and oxygen atoms in total. The van der Waals surface area contributed by atoms with Crippen LogP contribution in [0.4, 0.5) is 8.78 Å². The fraction of sp³-hybridized carbons (Fsp3) is 0. The Morgan fingerprint density at radius 2 is 0.634 bits per heavy atom. The molecule has 0 N–H and O–H groups in total. The van der Waals surface area contributed by atoms with E-state index in [1.54, 1.807) is 0 Å². The van der Waals surface area contributed by atoms with Gasteiger partial charge in [-0.3, -0.25) is 0 Å². The highest BCUT2D eigenvalue weighted by Crippen LogP contribution is 2.42. The number of halogens is 2. The van der Waals surface area contributed by atoms with Gasteiger partial charge in [-0.15, -0.1) is 0 Å². The predicted molar refractivity (Wildman–Crippen MR) is 285 cm³/mol. The molecule has 0 amide bonds. The molecule has 0 saturated carbocycles. The van der Waals surface area contributed by atoms with Gasteiger partial charge in [0.2, 0.25) is 0 Å². The zero-order chi connectivity index (χ0) is 47.2. The van der Waals surface area contributed by atoms with E-state index in [9.17, 15) is 4.39 Å². The van der Waals surface area contributed by atoms with Crippen molar-refractivity contribution in [2.24, 2.45) is 0 Å². The van der Waals surface area contributed by atoms with Crippen LogP contribution in [0.15, 0.2) is 231 Å². The van der Waals surface area contributed by atoms with Crippen molar-refractivity contribution in [2.45, 2.75) is 0 Å². The van der Waals surface area contributed by atoms with Gasteiger partial charge in [0.15, 0.2) is 17.5 Å². The van der Waals surface area contributed by atoms with Crippen LogP contribution in [-0.4, -0.2) is 28.7 Å². The van der Waals surface area contributed by atoms with E-state index in [4.69, 9.17) is 15.0 Å². The molecule has 334 valence electrons. The molecule has 0 radical (unpaired) electrons. The molecule has 10 aromatic carbocycles. The van der Waals surface area contributed by atoms with Crippen molar-refractivity contribution >= 4 is 65.4 Å². The average Bonchev–Trinajstić information content (AvgIpc) is 4.06. The maximum atomic E-state index is 16.5. The van der Waals surface area contributed by atoms with Crippen LogP contribution in [0.2, 0.25) is 0 Å². The van der Waals surface area contributed by atoms with Crippen molar-refractivity contribution in [2.75, 3.05) is 0 Å². The molecule has 8 heteroatoms. The van der Waals surface area contributed by atoms with Crippen molar-refractivity contribution in [3.05, 3.63) is 242 Å². The second kappa shape index (κ2) is 16.0. The van der Waals surface area contributed by atoms with Gasteiger partial charge in [0, 0.05) is 77.7 Å². The first-order valence-corrected chi connectivity index (χ1v) is 23.6. The van der Waals surface area contributed by atoms with E-state index < -0.39 is 11.6 Å². The summed E-state index contributed by atoms with van der Waals surface area (Å²) < 4.78 is 38.3. The summed E-state index contributed by atoms with van der Waals surface area (Å²) in [7, 11) is 0. The third-order valence-corrected chi connectivity index (χ3v) is 13.8. The normalized spacial score (nSPS) is 11.8. The number of aromatic nitrogens is 6. The molecule has 14 aromatic rings. The maximum Gasteiger partial charge on any atom is 0.164 e. The summed E-state index contributed by atoms with van der Waals surface area (Å²) >= 11 is 0. The Kier molecular flexibility index (Phi) is 9.16. The molecule has 0 aliphatic rings. The van der Waals surface area contributed by atoms with E-state index >= 15 is 4.39 Å². The summed E-state index contributed by atoms with van der Waals surface area (Å²) in [6, 6.07) is 76.6. The largest absolute Gasteiger partial charge is 0.309 e. The zero-order valence-electron chi connectivity index (χ0n) is 37.9. The van der Waals surface area contributed by atoms with Crippen LogP contribution in [0.1, 0.15) is 0 Å². The van der Waals surface area contributed by atoms with Gasteiger partial charge in [-0.1, -0.05) is 146 Å². The summed E-state index contributed by atoms with van der Waals surface area (Å²) in [5.74, 6) is -0.0660. The predicted octanol–water partition coefficient (Wildman–Crippen LogP) is 16.1.